The molecule has 6 aromatic heterocycles. The molecule has 0 radical (unpaired) electrons. The molecule has 51 heavy (non-hydrogen) atoms. The molecule has 0 bridgehead atoms. The van der Waals surface area contributed by atoms with Gasteiger partial charge >= 0.3 is 0 Å². The fraction of sp³-hybridized carbons (Fsp3) is 0.0222. The molecule has 0 N–H and O–H groups in total. The molecule has 1 aliphatic rings. The predicted octanol–water partition coefficient (Wildman–Crippen LogP) is 8.93. The monoisotopic (exact) mass is 654 g/mol. The van der Waals surface area contributed by atoms with Crippen LogP contribution >= 0.6 is 0 Å². The Bertz CT molecular complexity index is 3150. The summed E-state index contributed by atoms with van der Waals surface area (Å²) in [6.45, 7) is 0. The van der Waals surface area contributed by atoms with Gasteiger partial charge in [0.2, 0.25) is 0 Å². The number of pyridine rings is 2. The summed E-state index contributed by atoms with van der Waals surface area (Å²) in [6, 6.07) is 49.4. The van der Waals surface area contributed by atoms with E-state index in [2.05, 4.69) is 176 Å². The van der Waals surface area contributed by atoms with E-state index in [0.29, 0.717) is 0 Å². The maximum absolute atomic E-state index is 5.71. The molecule has 6 heteroatoms. The first kappa shape index (κ1) is 28.0. The van der Waals surface area contributed by atoms with E-state index in [0.717, 1.165) is 84.3 Å². The topological polar surface area (TPSA) is 45.5 Å². The van der Waals surface area contributed by atoms with E-state index in [1.807, 2.05) is 12.3 Å². The third-order valence-corrected chi connectivity index (χ3v) is 10.2. The zero-order valence-corrected chi connectivity index (χ0v) is 27.6. The second kappa shape index (κ2) is 10.8. The Balaban J connectivity index is 1.32. The second-order valence-corrected chi connectivity index (χ2v) is 13.1. The van der Waals surface area contributed by atoms with E-state index in [4.69, 9.17) is 9.97 Å². The van der Waals surface area contributed by atoms with Crippen LogP contribution in [0.25, 0.3) is 90.1 Å². The first-order valence-electron chi connectivity index (χ1n) is 17.3. The molecule has 0 unspecified atom stereocenters. The number of hydrogen-bond acceptors (Lipinski definition) is 2. The van der Waals surface area contributed by atoms with Gasteiger partial charge in [0.1, 0.15) is 17.3 Å². The highest BCUT2D eigenvalue weighted by Gasteiger charge is 2.24. The van der Waals surface area contributed by atoms with Gasteiger partial charge in [-0.3, -0.25) is 23.3 Å². The third-order valence-electron chi connectivity index (χ3n) is 10.2. The van der Waals surface area contributed by atoms with Crippen LogP contribution < -0.4 is 10.6 Å². The van der Waals surface area contributed by atoms with Crippen LogP contribution in [-0.2, 0) is 0 Å². The molecule has 0 atom stereocenters. The molecular weight excluding hydrogens is 625 g/mol. The number of benzene rings is 4. The highest BCUT2D eigenvalue weighted by molar-refractivity contribution is 6.09. The van der Waals surface area contributed by atoms with Gasteiger partial charge < -0.3 is 0 Å². The fourth-order valence-electron chi connectivity index (χ4n) is 8.05. The largest absolute Gasteiger partial charge is 0.295 e. The molecule has 0 saturated heterocycles. The SMILES string of the molecule is C1=CCC=c2c(n(-c3cc4ccccc4n3-c3ccccc3)c3nc4c(cc23)c2ncccc2n4-c2cc3ccccc3n2-c2ccccc2)=C1. The molecule has 0 saturated carbocycles. The van der Waals surface area contributed by atoms with Crippen molar-refractivity contribution in [3.8, 4) is 23.0 Å². The van der Waals surface area contributed by atoms with Crippen molar-refractivity contribution in [3.63, 3.8) is 0 Å². The van der Waals surface area contributed by atoms with Crippen molar-refractivity contribution in [2.45, 2.75) is 6.42 Å². The average Bonchev–Trinajstić information content (AvgIpc) is 3.87. The average molecular weight is 655 g/mol. The minimum Gasteiger partial charge on any atom is -0.295 e. The van der Waals surface area contributed by atoms with Crippen LogP contribution in [0.4, 0.5) is 0 Å². The minimum absolute atomic E-state index is 0.847. The number of allylic oxidation sites excluding steroid dienone is 2. The normalized spacial score (nSPS) is 12.9. The maximum atomic E-state index is 5.71. The van der Waals surface area contributed by atoms with Gasteiger partial charge in [0.25, 0.3) is 0 Å². The standard InChI is InChI=1S/C45H30N6/c1-4-17-32(18-5-1)48-37-22-12-10-15-30(37)27-41(48)50-39-24-9-3-8-21-34(39)35-29-36-43-40(25-14-26-46-43)51(45(36)47-44(35)50)42-28-31-16-11-13-23-38(31)49(42)33-19-6-2-7-20-33/h1-7,9-29H,8H2. The Kier molecular flexibility index (Phi) is 5.92. The van der Waals surface area contributed by atoms with Crippen LogP contribution in [0.1, 0.15) is 6.42 Å². The molecule has 0 aliphatic heterocycles. The molecule has 11 rings (SSSR count). The Hall–Kier alpha value is -6.92. The maximum Gasteiger partial charge on any atom is 0.150 e. The summed E-state index contributed by atoms with van der Waals surface area (Å²) in [7, 11) is 0. The van der Waals surface area contributed by atoms with Crippen molar-refractivity contribution < 1.29 is 0 Å². The number of fused-ring (bicyclic) bond motifs is 8. The molecule has 6 nitrogen and oxygen atoms in total. The summed E-state index contributed by atoms with van der Waals surface area (Å²) in [4.78, 5) is 10.7. The number of para-hydroxylation sites is 4. The molecule has 240 valence electrons. The molecule has 0 amide bonds. The summed E-state index contributed by atoms with van der Waals surface area (Å²) < 4.78 is 9.34. The highest BCUT2D eigenvalue weighted by Crippen LogP contribution is 2.36. The Morgan fingerprint density at radius 1 is 0.510 bits per heavy atom. The number of nitrogens with zero attached hydrogens (tertiary/aromatic N) is 6. The number of rotatable bonds is 4. The van der Waals surface area contributed by atoms with Crippen LogP contribution in [0.2, 0.25) is 0 Å². The van der Waals surface area contributed by atoms with Gasteiger partial charge in [-0.2, -0.15) is 0 Å². The zero-order chi connectivity index (χ0) is 33.5. The van der Waals surface area contributed by atoms with Crippen LogP contribution in [0.5, 0.6) is 0 Å². The minimum atomic E-state index is 0.847. The molecule has 1 aliphatic carbocycles. The van der Waals surface area contributed by atoms with Gasteiger partial charge in [-0.05, 0) is 79.2 Å². The van der Waals surface area contributed by atoms with Gasteiger partial charge in [0.05, 0.1) is 27.4 Å². The van der Waals surface area contributed by atoms with E-state index in [1.165, 1.54) is 10.6 Å². The summed E-state index contributed by atoms with van der Waals surface area (Å²) in [6.07, 6.45) is 11.7. The lowest BCUT2D eigenvalue weighted by atomic mass is 10.2. The number of hydrogen-bond donors (Lipinski definition) is 0. The van der Waals surface area contributed by atoms with Crippen molar-refractivity contribution in [1.82, 2.24) is 28.2 Å². The zero-order valence-electron chi connectivity index (χ0n) is 27.6. The molecule has 0 fully saturated rings. The van der Waals surface area contributed by atoms with Crippen molar-refractivity contribution in [3.05, 3.63) is 168 Å². The molecule has 4 aromatic carbocycles. The van der Waals surface area contributed by atoms with E-state index in [9.17, 15) is 0 Å². The first-order chi connectivity index (χ1) is 25.3. The van der Waals surface area contributed by atoms with Crippen molar-refractivity contribution in [2.24, 2.45) is 0 Å². The van der Waals surface area contributed by atoms with E-state index in [-0.39, 0.29) is 0 Å². The quantitative estimate of drug-likeness (QED) is 0.190. The smallest absolute Gasteiger partial charge is 0.150 e. The first-order valence-corrected chi connectivity index (χ1v) is 17.3. The second-order valence-electron chi connectivity index (χ2n) is 13.1. The van der Waals surface area contributed by atoms with Crippen LogP contribution in [0.15, 0.2) is 158 Å². The van der Waals surface area contributed by atoms with E-state index in [1.54, 1.807) is 0 Å². The van der Waals surface area contributed by atoms with Gasteiger partial charge in [0.15, 0.2) is 5.65 Å². The van der Waals surface area contributed by atoms with Crippen LogP contribution in [0, 0.1) is 0 Å². The molecular formula is C45H30N6. The Labute approximate surface area is 292 Å². The fourth-order valence-corrected chi connectivity index (χ4v) is 8.05. The van der Waals surface area contributed by atoms with E-state index >= 15 is 0 Å². The Morgan fingerprint density at radius 2 is 1.10 bits per heavy atom. The van der Waals surface area contributed by atoms with Gasteiger partial charge in [0, 0.05) is 44.3 Å². The van der Waals surface area contributed by atoms with E-state index < -0.39 is 0 Å². The van der Waals surface area contributed by atoms with Crippen molar-refractivity contribution in [2.75, 3.05) is 0 Å². The summed E-state index contributed by atoms with van der Waals surface area (Å²) in [5.41, 5.74) is 8.19. The number of aromatic nitrogens is 6. The van der Waals surface area contributed by atoms with Crippen LogP contribution in [0.3, 0.4) is 0 Å². The lowest BCUT2D eigenvalue weighted by Gasteiger charge is -2.14. The highest BCUT2D eigenvalue weighted by atomic mass is 15.2. The molecule has 0 spiro atoms. The lowest BCUT2D eigenvalue weighted by Crippen LogP contribution is -2.28. The lowest BCUT2D eigenvalue weighted by molar-refractivity contribution is 0.936. The van der Waals surface area contributed by atoms with Crippen LogP contribution in [-0.4, -0.2) is 28.2 Å². The van der Waals surface area contributed by atoms with Gasteiger partial charge in [-0.25, -0.2) is 4.98 Å². The summed E-state index contributed by atoms with van der Waals surface area (Å²) in [5.74, 6) is 2.06. The summed E-state index contributed by atoms with van der Waals surface area (Å²) in [5, 5.41) is 6.76. The third kappa shape index (κ3) is 4.04. The van der Waals surface area contributed by atoms with Gasteiger partial charge in [-0.1, -0.05) is 91.0 Å². The van der Waals surface area contributed by atoms with Crippen molar-refractivity contribution >= 4 is 67.1 Å². The molecule has 10 aromatic rings. The molecule has 6 heterocycles. The van der Waals surface area contributed by atoms with Gasteiger partial charge in [-0.15, -0.1) is 0 Å². The summed E-state index contributed by atoms with van der Waals surface area (Å²) >= 11 is 0. The predicted molar refractivity (Wildman–Crippen MR) is 209 cm³/mol. The Morgan fingerprint density at radius 3 is 1.78 bits per heavy atom. The van der Waals surface area contributed by atoms with Crippen molar-refractivity contribution in [1.29, 1.82) is 0 Å².